The highest BCUT2D eigenvalue weighted by Crippen LogP contribution is 2.24. The van der Waals surface area contributed by atoms with E-state index in [0.717, 1.165) is 22.6 Å². The van der Waals surface area contributed by atoms with Crippen LogP contribution in [0.3, 0.4) is 0 Å². The minimum Gasteiger partial charge on any atom is -0.497 e. The molecular formula is C15H17NO4. The lowest BCUT2D eigenvalue weighted by atomic mass is 10.1. The number of H-pyrrole nitrogens is 1. The Morgan fingerprint density at radius 2 is 2.00 bits per heavy atom. The van der Waals surface area contributed by atoms with Gasteiger partial charge in [0.2, 0.25) is 0 Å². The Morgan fingerprint density at radius 3 is 2.60 bits per heavy atom. The summed E-state index contributed by atoms with van der Waals surface area (Å²) in [5.41, 5.74) is 3.00. The zero-order chi connectivity index (χ0) is 14.5. The summed E-state index contributed by atoms with van der Waals surface area (Å²) in [5.74, 6) is 0.316. The van der Waals surface area contributed by atoms with Gasteiger partial charge in [0.25, 0.3) is 0 Å². The number of aliphatic hydroxyl groups is 1. The molecule has 0 aliphatic heterocycles. The number of benzene rings is 1. The molecule has 1 heterocycles. The first-order chi connectivity index (χ1) is 9.65. The van der Waals surface area contributed by atoms with Crippen molar-refractivity contribution in [3.63, 3.8) is 0 Å². The number of esters is 1. The summed E-state index contributed by atoms with van der Waals surface area (Å²) in [5, 5.41) is 8.66. The molecule has 0 bridgehead atoms. The van der Waals surface area contributed by atoms with Crippen molar-refractivity contribution >= 4 is 5.97 Å². The van der Waals surface area contributed by atoms with Crippen LogP contribution in [0.4, 0.5) is 0 Å². The van der Waals surface area contributed by atoms with Gasteiger partial charge in [0.05, 0.1) is 13.7 Å². The van der Waals surface area contributed by atoms with Gasteiger partial charge in [0.1, 0.15) is 18.1 Å². The van der Waals surface area contributed by atoms with Gasteiger partial charge in [-0.25, -0.2) is 4.79 Å². The summed E-state index contributed by atoms with van der Waals surface area (Å²) in [6, 6.07) is 9.42. The molecule has 0 saturated carbocycles. The maximum Gasteiger partial charge on any atom is 0.355 e. The molecule has 5 heteroatoms. The van der Waals surface area contributed by atoms with Crippen molar-refractivity contribution in [1.29, 1.82) is 0 Å². The molecule has 20 heavy (non-hydrogen) atoms. The van der Waals surface area contributed by atoms with Crippen molar-refractivity contribution in [1.82, 2.24) is 4.98 Å². The lowest BCUT2D eigenvalue weighted by Gasteiger charge is -2.02. The monoisotopic (exact) mass is 275 g/mol. The van der Waals surface area contributed by atoms with Crippen LogP contribution in [0.1, 0.15) is 16.1 Å². The molecule has 0 amide bonds. The summed E-state index contributed by atoms with van der Waals surface area (Å²) >= 11 is 0. The van der Waals surface area contributed by atoms with Crippen LogP contribution in [0.25, 0.3) is 11.3 Å². The average Bonchev–Trinajstić information content (AvgIpc) is 2.87. The van der Waals surface area contributed by atoms with Crippen molar-refractivity contribution in [2.75, 3.05) is 20.3 Å². The van der Waals surface area contributed by atoms with E-state index >= 15 is 0 Å². The standard InChI is InChI=1S/C15H17NO4/c1-10-9-13(11-3-5-12(19-2)6-4-11)16-14(10)15(18)20-8-7-17/h3-6,9,16-17H,7-8H2,1-2H3. The largest absolute Gasteiger partial charge is 0.497 e. The number of nitrogens with one attached hydrogen (secondary N) is 1. The maximum atomic E-state index is 11.8. The first kappa shape index (κ1) is 14.1. The summed E-state index contributed by atoms with van der Waals surface area (Å²) in [7, 11) is 1.61. The number of aromatic nitrogens is 1. The van der Waals surface area contributed by atoms with Crippen molar-refractivity contribution < 1.29 is 19.4 Å². The average molecular weight is 275 g/mol. The molecule has 2 N–H and O–H groups in total. The van der Waals surface area contributed by atoms with Gasteiger partial charge in [-0.2, -0.15) is 0 Å². The van der Waals surface area contributed by atoms with E-state index in [0.29, 0.717) is 5.69 Å². The molecule has 0 radical (unpaired) electrons. The first-order valence-electron chi connectivity index (χ1n) is 6.27. The maximum absolute atomic E-state index is 11.8. The van der Waals surface area contributed by atoms with Crippen LogP contribution in [0.15, 0.2) is 30.3 Å². The van der Waals surface area contributed by atoms with E-state index in [1.165, 1.54) is 0 Å². The number of aliphatic hydroxyl groups excluding tert-OH is 1. The van der Waals surface area contributed by atoms with Crippen LogP contribution < -0.4 is 4.74 Å². The van der Waals surface area contributed by atoms with Gasteiger partial charge in [-0.15, -0.1) is 0 Å². The molecule has 2 rings (SSSR count). The second-order valence-corrected chi connectivity index (χ2v) is 4.33. The summed E-state index contributed by atoms with van der Waals surface area (Å²) in [6.45, 7) is 1.64. The van der Waals surface area contributed by atoms with Crippen molar-refractivity contribution in [3.8, 4) is 17.0 Å². The molecule has 5 nitrogen and oxygen atoms in total. The molecule has 0 spiro atoms. The van der Waals surface area contributed by atoms with E-state index in [2.05, 4.69) is 4.98 Å². The van der Waals surface area contributed by atoms with Gasteiger partial charge in [-0.05, 0) is 48.4 Å². The molecule has 0 saturated heterocycles. The predicted octanol–water partition coefficient (Wildman–Crippen LogP) is 2.15. The van der Waals surface area contributed by atoms with Gasteiger partial charge in [0.15, 0.2) is 0 Å². The second-order valence-electron chi connectivity index (χ2n) is 4.33. The van der Waals surface area contributed by atoms with Gasteiger partial charge < -0.3 is 19.6 Å². The Labute approximate surface area is 117 Å². The third-order valence-corrected chi connectivity index (χ3v) is 2.94. The number of carbonyl (C=O) groups is 1. The summed E-state index contributed by atoms with van der Waals surface area (Å²) in [6.07, 6.45) is 0. The predicted molar refractivity (Wildman–Crippen MR) is 74.9 cm³/mol. The number of aryl methyl sites for hydroxylation is 1. The number of ether oxygens (including phenoxy) is 2. The highest BCUT2D eigenvalue weighted by molar-refractivity contribution is 5.90. The lowest BCUT2D eigenvalue weighted by molar-refractivity contribution is 0.0427. The number of hydrogen-bond donors (Lipinski definition) is 2. The van der Waals surface area contributed by atoms with E-state index in [1.807, 2.05) is 37.3 Å². The molecule has 0 aliphatic rings. The molecule has 0 atom stereocenters. The molecule has 2 aromatic rings. The van der Waals surface area contributed by atoms with Crippen molar-refractivity contribution in [3.05, 3.63) is 41.6 Å². The molecule has 106 valence electrons. The molecule has 1 aromatic carbocycles. The van der Waals surface area contributed by atoms with Crippen LogP contribution in [0.2, 0.25) is 0 Å². The van der Waals surface area contributed by atoms with E-state index in [4.69, 9.17) is 14.6 Å². The topological polar surface area (TPSA) is 71.6 Å². The van der Waals surface area contributed by atoms with Crippen LogP contribution >= 0.6 is 0 Å². The highest BCUT2D eigenvalue weighted by atomic mass is 16.5. The van der Waals surface area contributed by atoms with Crippen LogP contribution in [-0.2, 0) is 4.74 Å². The van der Waals surface area contributed by atoms with E-state index in [1.54, 1.807) is 7.11 Å². The molecule has 0 fully saturated rings. The fraction of sp³-hybridized carbons (Fsp3) is 0.267. The third-order valence-electron chi connectivity index (χ3n) is 2.94. The van der Waals surface area contributed by atoms with Crippen molar-refractivity contribution in [2.24, 2.45) is 0 Å². The Hall–Kier alpha value is -2.27. The van der Waals surface area contributed by atoms with Crippen molar-refractivity contribution in [2.45, 2.75) is 6.92 Å². The zero-order valence-electron chi connectivity index (χ0n) is 11.5. The second kappa shape index (κ2) is 6.25. The molecule has 0 unspecified atom stereocenters. The fourth-order valence-electron chi connectivity index (χ4n) is 1.91. The van der Waals surface area contributed by atoms with E-state index < -0.39 is 5.97 Å². The number of rotatable bonds is 5. The normalized spacial score (nSPS) is 10.3. The van der Waals surface area contributed by atoms with Gasteiger partial charge in [-0.1, -0.05) is 0 Å². The third kappa shape index (κ3) is 3.00. The molecule has 0 aliphatic carbocycles. The van der Waals surface area contributed by atoms with E-state index in [9.17, 15) is 4.79 Å². The number of methoxy groups -OCH3 is 1. The minimum atomic E-state index is -0.462. The quantitative estimate of drug-likeness (QED) is 0.820. The molecular weight excluding hydrogens is 258 g/mol. The highest BCUT2D eigenvalue weighted by Gasteiger charge is 2.14. The Morgan fingerprint density at radius 1 is 1.30 bits per heavy atom. The summed E-state index contributed by atoms with van der Waals surface area (Å²) < 4.78 is 10.0. The number of carbonyl (C=O) groups excluding carboxylic acids is 1. The first-order valence-corrected chi connectivity index (χ1v) is 6.27. The minimum absolute atomic E-state index is 0.00480. The van der Waals surface area contributed by atoms with E-state index in [-0.39, 0.29) is 13.2 Å². The zero-order valence-corrected chi connectivity index (χ0v) is 11.5. The number of aromatic amines is 1. The van der Waals surface area contributed by atoms with Gasteiger partial charge in [0, 0.05) is 5.69 Å². The van der Waals surface area contributed by atoms with Gasteiger partial charge >= 0.3 is 5.97 Å². The van der Waals surface area contributed by atoms with Crippen LogP contribution in [-0.4, -0.2) is 36.4 Å². The Kier molecular flexibility index (Phi) is 4.42. The SMILES string of the molecule is COc1ccc(-c2cc(C)c(C(=O)OCCO)[nH]2)cc1. The molecule has 1 aromatic heterocycles. The van der Waals surface area contributed by atoms with Gasteiger partial charge in [-0.3, -0.25) is 0 Å². The Bertz CT molecular complexity index is 586. The lowest BCUT2D eigenvalue weighted by Crippen LogP contribution is -2.10. The summed E-state index contributed by atoms with van der Waals surface area (Å²) in [4.78, 5) is 14.8. The van der Waals surface area contributed by atoms with Crippen LogP contribution in [0.5, 0.6) is 5.75 Å². The van der Waals surface area contributed by atoms with Crippen LogP contribution in [0, 0.1) is 6.92 Å². The Balaban J connectivity index is 2.23. The number of hydrogen-bond acceptors (Lipinski definition) is 4. The fourth-order valence-corrected chi connectivity index (χ4v) is 1.91. The smallest absolute Gasteiger partial charge is 0.355 e.